The predicted molar refractivity (Wildman–Crippen MR) is 111 cm³/mol. The van der Waals surface area contributed by atoms with E-state index in [1.54, 1.807) is 19.6 Å². The van der Waals surface area contributed by atoms with E-state index in [0.29, 0.717) is 11.8 Å². The molecule has 2 aromatic heterocycles. The van der Waals surface area contributed by atoms with Crippen LogP contribution in [0.5, 0.6) is 5.88 Å². The first-order valence-electron chi connectivity index (χ1n) is 10.0. The van der Waals surface area contributed by atoms with Crippen LogP contribution in [0.2, 0.25) is 0 Å². The molecule has 29 heavy (non-hydrogen) atoms. The Morgan fingerprint density at radius 1 is 1.10 bits per heavy atom. The van der Waals surface area contributed by atoms with Crippen molar-refractivity contribution < 1.29 is 9.53 Å². The summed E-state index contributed by atoms with van der Waals surface area (Å²) >= 11 is 0. The first kappa shape index (κ1) is 17.8. The van der Waals surface area contributed by atoms with E-state index < -0.39 is 0 Å². The average Bonchev–Trinajstić information content (AvgIpc) is 3.52. The van der Waals surface area contributed by atoms with Gasteiger partial charge < -0.3 is 15.0 Å². The maximum Gasteiger partial charge on any atom is 0.225 e. The number of likely N-dealkylation sites (tertiary alicyclic amines) is 1. The van der Waals surface area contributed by atoms with Crippen molar-refractivity contribution in [2.75, 3.05) is 25.5 Å². The van der Waals surface area contributed by atoms with Gasteiger partial charge in [-0.25, -0.2) is 15.0 Å². The summed E-state index contributed by atoms with van der Waals surface area (Å²) in [7, 11) is 1.61. The van der Waals surface area contributed by atoms with Gasteiger partial charge in [-0.2, -0.15) is 0 Å². The highest BCUT2D eigenvalue weighted by atomic mass is 16.5. The average molecular weight is 389 g/mol. The van der Waals surface area contributed by atoms with E-state index >= 15 is 0 Å². The number of fused-ring (bicyclic) bond motifs is 1. The summed E-state index contributed by atoms with van der Waals surface area (Å²) in [4.78, 5) is 27.5. The zero-order chi connectivity index (χ0) is 19.8. The first-order valence-corrected chi connectivity index (χ1v) is 10.0. The predicted octanol–water partition coefficient (Wildman–Crippen LogP) is 3.12. The van der Waals surface area contributed by atoms with Crippen molar-refractivity contribution >= 4 is 22.6 Å². The molecule has 1 aromatic carbocycles. The fourth-order valence-electron chi connectivity index (χ4n) is 3.88. The molecule has 1 atom stereocenters. The number of benzene rings is 1. The third-order valence-corrected chi connectivity index (χ3v) is 5.68. The number of aromatic nitrogens is 3. The molecule has 0 radical (unpaired) electrons. The van der Waals surface area contributed by atoms with Gasteiger partial charge in [0.05, 0.1) is 12.6 Å². The van der Waals surface area contributed by atoms with Crippen LogP contribution in [0.25, 0.3) is 22.0 Å². The highest BCUT2D eigenvalue weighted by Gasteiger charge is 2.36. The van der Waals surface area contributed by atoms with Gasteiger partial charge in [-0.3, -0.25) is 4.79 Å². The van der Waals surface area contributed by atoms with Gasteiger partial charge in [0.25, 0.3) is 0 Å². The van der Waals surface area contributed by atoms with Gasteiger partial charge in [-0.15, -0.1) is 0 Å². The molecule has 3 aromatic rings. The second kappa shape index (κ2) is 7.31. The Labute approximate surface area is 169 Å². The van der Waals surface area contributed by atoms with Gasteiger partial charge in [0.1, 0.15) is 12.1 Å². The van der Waals surface area contributed by atoms with Crippen LogP contribution in [0, 0.1) is 5.92 Å². The van der Waals surface area contributed by atoms with Crippen LogP contribution in [0.15, 0.2) is 42.9 Å². The van der Waals surface area contributed by atoms with Gasteiger partial charge in [0.15, 0.2) is 0 Å². The summed E-state index contributed by atoms with van der Waals surface area (Å²) < 4.78 is 5.14. The molecule has 5 rings (SSSR count). The number of hydrogen-bond acceptors (Lipinski definition) is 6. The van der Waals surface area contributed by atoms with E-state index in [9.17, 15) is 4.79 Å². The lowest BCUT2D eigenvalue weighted by atomic mass is 10.0. The molecule has 0 unspecified atom stereocenters. The van der Waals surface area contributed by atoms with Crippen LogP contribution in [-0.2, 0) is 4.79 Å². The highest BCUT2D eigenvalue weighted by Crippen LogP contribution is 2.33. The van der Waals surface area contributed by atoms with E-state index in [0.717, 1.165) is 60.2 Å². The summed E-state index contributed by atoms with van der Waals surface area (Å²) in [6.45, 7) is 1.56. The number of anilines is 1. The Morgan fingerprint density at radius 2 is 1.97 bits per heavy atom. The molecule has 2 fully saturated rings. The molecule has 0 spiro atoms. The largest absolute Gasteiger partial charge is 0.481 e. The molecule has 1 saturated heterocycles. The summed E-state index contributed by atoms with van der Waals surface area (Å²) in [5, 5.41) is 4.51. The van der Waals surface area contributed by atoms with Gasteiger partial charge in [0, 0.05) is 48.3 Å². The minimum Gasteiger partial charge on any atom is -0.481 e. The van der Waals surface area contributed by atoms with Crippen molar-refractivity contribution in [3.63, 3.8) is 0 Å². The molecule has 7 nitrogen and oxygen atoms in total. The number of methoxy groups -OCH3 is 1. The first-order chi connectivity index (χ1) is 14.2. The lowest BCUT2D eigenvalue weighted by Crippen LogP contribution is -2.32. The SMILES string of the molecule is COc1ccc(-c2ccc3ncnc(N[C@H]4CCN(C(=O)C5CC5)C4)c3c2)cn1. The number of pyridine rings is 1. The standard InChI is InChI=1S/C22H23N5O2/c1-29-20-7-5-16(11-23-20)15-4-6-19-18(10-15)21(25-13-24-19)26-17-8-9-27(12-17)22(28)14-2-3-14/h4-7,10-11,13-14,17H,2-3,8-9,12H2,1H3,(H,24,25,26)/t17-/m0/s1. The van der Waals surface area contributed by atoms with Gasteiger partial charge >= 0.3 is 0 Å². The number of nitrogens with zero attached hydrogens (tertiary/aromatic N) is 4. The molecule has 1 saturated carbocycles. The lowest BCUT2D eigenvalue weighted by Gasteiger charge is -2.18. The van der Waals surface area contributed by atoms with Crippen LogP contribution in [0.3, 0.4) is 0 Å². The fourth-order valence-corrected chi connectivity index (χ4v) is 3.88. The van der Waals surface area contributed by atoms with Crippen molar-refractivity contribution in [2.24, 2.45) is 5.92 Å². The number of ether oxygens (including phenoxy) is 1. The Balaban J connectivity index is 1.39. The van der Waals surface area contributed by atoms with Crippen LogP contribution in [0.1, 0.15) is 19.3 Å². The number of hydrogen-bond donors (Lipinski definition) is 1. The Bertz CT molecular complexity index is 1050. The van der Waals surface area contributed by atoms with Gasteiger partial charge in [0.2, 0.25) is 11.8 Å². The second-order valence-electron chi connectivity index (χ2n) is 7.73. The molecule has 3 heterocycles. The highest BCUT2D eigenvalue weighted by molar-refractivity contribution is 5.92. The van der Waals surface area contributed by atoms with Crippen LogP contribution < -0.4 is 10.1 Å². The van der Waals surface area contributed by atoms with Crippen molar-refractivity contribution in [3.05, 3.63) is 42.9 Å². The topological polar surface area (TPSA) is 80.2 Å². The molecule has 1 aliphatic carbocycles. The zero-order valence-electron chi connectivity index (χ0n) is 16.3. The fraction of sp³-hybridized carbons (Fsp3) is 0.364. The van der Waals surface area contributed by atoms with Crippen molar-refractivity contribution in [1.29, 1.82) is 0 Å². The molecule has 1 amide bonds. The Morgan fingerprint density at radius 3 is 2.72 bits per heavy atom. The van der Waals surface area contributed by atoms with E-state index in [1.165, 1.54) is 0 Å². The maximum absolute atomic E-state index is 12.3. The molecule has 7 heteroatoms. The van der Waals surface area contributed by atoms with Crippen molar-refractivity contribution in [1.82, 2.24) is 19.9 Å². The molecule has 148 valence electrons. The van der Waals surface area contributed by atoms with E-state index in [-0.39, 0.29) is 12.0 Å². The number of carbonyl (C=O) groups excluding carboxylic acids is 1. The quantitative estimate of drug-likeness (QED) is 0.722. The maximum atomic E-state index is 12.3. The Kier molecular flexibility index (Phi) is 4.50. The molecule has 1 N–H and O–H groups in total. The molecular formula is C22H23N5O2. The third-order valence-electron chi connectivity index (χ3n) is 5.68. The van der Waals surface area contributed by atoms with Gasteiger partial charge in [-0.05, 0) is 43.0 Å². The number of carbonyl (C=O) groups is 1. The van der Waals surface area contributed by atoms with Gasteiger partial charge in [-0.1, -0.05) is 6.07 Å². The third kappa shape index (κ3) is 3.60. The minimum absolute atomic E-state index is 0.210. The van der Waals surface area contributed by atoms with Crippen LogP contribution in [0.4, 0.5) is 5.82 Å². The zero-order valence-corrected chi connectivity index (χ0v) is 16.3. The lowest BCUT2D eigenvalue weighted by molar-refractivity contribution is -0.131. The van der Waals surface area contributed by atoms with E-state index in [1.807, 2.05) is 29.2 Å². The van der Waals surface area contributed by atoms with Crippen molar-refractivity contribution in [2.45, 2.75) is 25.3 Å². The number of amides is 1. The van der Waals surface area contributed by atoms with E-state index in [2.05, 4.69) is 26.3 Å². The van der Waals surface area contributed by atoms with Crippen molar-refractivity contribution in [3.8, 4) is 17.0 Å². The summed E-state index contributed by atoms with van der Waals surface area (Å²) in [6.07, 6.45) is 6.42. The smallest absolute Gasteiger partial charge is 0.225 e. The molecule has 1 aliphatic heterocycles. The van der Waals surface area contributed by atoms with E-state index in [4.69, 9.17) is 4.74 Å². The minimum atomic E-state index is 0.210. The van der Waals surface area contributed by atoms with Crippen LogP contribution >= 0.6 is 0 Å². The number of nitrogens with one attached hydrogen (secondary N) is 1. The van der Waals surface area contributed by atoms with Crippen LogP contribution in [-0.4, -0.2) is 52.0 Å². The monoisotopic (exact) mass is 389 g/mol. The Hall–Kier alpha value is -3.22. The number of rotatable bonds is 5. The summed E-state index contributed by atoms with van der Waals surface area (Å²) in [5.74, 6) is 1.99. The molecular weight excluding hydrogens is 366 g/mol. The summed E-state index contributed by atoms with van der Waals surface area (Å²) in [6, 6.07) is 10.2. The molecule has 0 bridgehead atoms. The second-order valence-corrected chi connectivity index (χ2v) is 7.73. The molecule has 2 aliphatic rings. The summed E-state index contributed by atoms with van der Waals surface area (Å²) in [5.41, 5.74) is 2.93. The normalized spacial score (nSPS) is 18.8.